The highest BCUT2D eigenvalue weighted by Gasteiger charge is 2.32. The van der Waals surface area contributed by atoms with Crippen molar-refractivity contribution in [2.75, 3.05) is 6.54 Å². The van der Waals surface area contributed by atoms with Crippen molar-refractivity contribution < 1.29 is 9.90 Å². The lowest BCUT2D eigenvalue weighted by molar-refractivity contribution is -0.0109. The van der Waals surface area contributed by atoms with Crippen molar-refractivity contribution in [1.82, 2.24) is 5.32 Å². The molecule has 1 aromatic rings. The van der Waals surface area contributed by atoms with Gasteiger partial charge in [-0.05, 0) is 52.9 Å². The second-order valence-electron chi connectivity index (χ2n) is 5.74. The van der Waals surface area contributed by atoms with Crippen LogP contribution in [0.1, 0.15) is 43.0 Å². The first-order valence-electron chi connectivity index (χ1n) is 6.85. The van der Waals surface area contributed by atoms with Crippen molar-refractivity contribution in [3.05, 3.63) is 33.3 Å². The Kier molecular flexibility index (Phi) is 5.10. The highest BCUT2D eigenvalue weighted by Crippen LogP contribution is 2.31. The summed E-state index contributed by atoms with van der Waals surface area (Å²) in [5, 5.41) is 13.8. The molecule has 0 heterocycles. The summed E-state index contributed by atoms with van der Waals surface area (Å²) in [6, 6.07) is 5.07. The predicted molar refractivity (Wildman–Crippen MR) is 84.1 cm³/mol. The van der Waals surface area contributed by atoms with E-state index in [0.717, 1.165) is 30.2 Å². The van der Waals surface area contributed by atoms with Gasteiger partial charge in [0.15, 0.2) is 0 Å². The van der Waals surface area contributed by atoms with E-state index in [-0.39, 0.29) is 5.91 Å². The Morgan fingerprint density at radius 3 is 3.00 bits per heavy atom. The minimum Gasteiger partial charge on any atom is -0.388 e. The number of carbonyl (C=O) groups excluding carboxylic acids is 1. The Hall–Kier alpha value is -0.580. The SMILES string of the molecule is CC1CCCC(O)(CNC(=O)c2ccc(Br)c(Cl)c2)C1. The van der Waals surface area contributed by atoms with E-state index in [4.69, 9.17) is 11.6 Å². The maximum absolute atomic E-state index is 12.1. The minimum absolute atomic E-state index is 0.203. The molecule has 2 rings (SSSR count). The fourth-order valence-corrected chi connectivity index (χ4v) is 3.20. The van der Waals surface area contributed by atoms with E-state index in [0.29, 0.717) is 23.0 Å². The van der Waals surface area contributed by atoms with Crippen LogP contribution in [-0.4, -0.2) is 23.2 Å². The third kappa shape index (κ3) is 3.96. The number of amides is 1. The molecule has 3 nitrogen and oxygen atoms in total. The zero-order chi connectivity index (χ0) is 14.8. The van der Waals surface area contributed by atoms with Crippen LogP contribution >= 0.6 is 27.5 Å². The van der Waals surface area contributed by atoms with E-state index in [1.54, 1.807) is 18.2 Å². The lowest BCUT2D eigenvalue weighted by atomic mass is 9.79. The lowest BCUT2D eigenvalue weighted by Gasteiger charge is -2.35. The van der Waals surface area contributed by atoms with Crippen molar-refractivity contribution in [3.63, 3.8) is 0 Å². The van der Waals surface area contributed by atoms with Gasteiger partial charge in [-0.3, -0.25) is 4.79 Å². The second-order valence-corrected chi connectivity index (χ2v) is 7.00. The third-order valence-electron chi connectivity index (χ3n) is 3.83. The smallest absolute Gasteiger partial charge is 0.251 e. The van der Waals surface area contributed by atoms with Gasteiger partial charge in [0.05, 0.1) is 10.6 Å². The maximum atomic E-state index is 12.1. The van der Waals surface area contributed by atoms with Crippen molar-refractivity contribution >= 4 is 33.4 Å². The number of aliphatic hydroxyl groups is 1. The topological polar surface area (TPSA) is 49.3 Å². The number of carbonyl (C=O) groups is 1. The van der Waals surface area contributed by atoms with Crippen molar-refractivity contribution in [2.45, 2.75) is 38.2 Å². The molecular weight excluding hydrogens is 342 g/mol. The van der Waals surface area contributed by atoms with Crippen LogP contribution in [-0.2, 0) is 0 Å². The van der Waals surface area contributed by atoms with E-state index >= 15 is 0 Å². The van der Waals surface area contributed by atoms with Crippen molar-refractivity contribution in [2.24, 2.45) is 5.92 Å². The molecule has 0 aromatic heterocycles. The number of benzene rings is 1. The van der Waals surface area contributed by atoms with Crippen LogP contribution in [0.15, 0.2) is 22.7 Å². The average molecular weight is 361 g/mol. The van der Waals surface area contributed by atoms with Crippen LogP contribution < -0.4 is 5.32 Å². The quantitative estimate of drug-likeness (QED) is 0.862. The van der Waals surface area contributed by atoms with Gasteiger partial charge in [0, 0.05) is 16.6 Å². The van der Waals surface area contributed by atoms with E-state index in [1.165, 1.54) is 0 Å². The van der Waals surface area contributed by atoms with Crippen LogP contribution in [0.5, 0.6) is 0 Å². The number of nitrogens with one attached hydrogen (secondary N) is 1. The Labute approximate surface area is 132 Å². The number of rotatable bonds is 3. The molecule has 2 N–H and O–H groups in total. The fraction of sp³-hybridized carbons (Fsp3) is 0.533. The second kappa shape index (κ2) is 6.46. The van der Waals surface area contributed by atoms with Crippen LogP contribution in [0.2, 0.25) is 5.02 Å². The minimum atomic E-state index is -0.771. The normalized spacial score (nSPS) is 26.3. The molecule has 0 bridgehead atoms. The van der Waals surface area contributed by atoms with E-state index in [2.05, 4.69) is 28.2 Å². The Morgan fingerprint density at radius 1 is 1.60 bits per heavy atom. The first-order valence-corrected chi connectivity index (χ1v) is 8.02. The van der Waals surface area contributed by atoms with E-state index < -0.39 is 5.60 Å². The fourth-order valence-electron chi connectivity index (χ4n) is 2.78. The molecule has 0 aliphatic heterocycles. The molecule has 2 unspecified atom stereocenters. The molecule has 1 amide bonds. The van der Waals surface area contributed by atoms with Gasteiger partial charge in [-0.25, -0.2) is 0 Å². The highest BCUT2D eigenvalue weighted by atomic mass is 79.9. The highest BCUT2D eigenvalue weighted by molar-refractivity contribution is 9.10. The van der Waals surface area contributed by atoms with E-state index in [1.807, 2.05) is 0 Å². The molecule has 0 spiro atoms. The summed E-state index contributed by atoms with van der Waals surface area (Å²) in [6.07, 6.45) is 3.66. The Morgan fingerprint density at radius 2 is 2.35 bits per heavy atom. The summed E-state index contributed by atoms with van der Waals surface area (Å²) in [5.41, 5.74) is -0.266. The monoisotopic (exact) mass is 359 g/mol. The summed E-state index contributed by atoms with van der Waals surface area (Å²) in [7, 11) is 0. The predicted octanol–water partition coefficient (Wildman–Crippen LogP) is 3.77. The molecule has 1 aromatic carbocycles. The zero-order valence-corrected chi connectivity index (χ0v) is 13.8. The molecule has 1 fully saturated rings. The van der Waals surface area contributed by atoms with Gasteiger partial charge in [-0.1, -0.05) is 31.4 Å². The molecule has 1 aliphatic carbocycles. The van der Waals surface area contributed by atoms with Gasteiger partial charge in [0.2, 0.25) is 0 Å². The number of hydrogen-bond donors (Lipinski definition) is 2. The van der Waals surface area contributed by atoms with Crippen molar-refractivity contribution in [3.8, 4) is 0 Å². The molecule has 0 radical (unpaired) electrons. The summed E-state index contributed by atoms with van der Waals surface area (Å²) in [5.74, 6) is 0.304. The zero-order valence-electron chi connectivity index (χ0n) is 11.5. The molecule has 110 valence electrons. The maximum Gasteiger partial charge on any atom is 0.251 e. The summed E-state index contributed by atoms with van der Waals surface area (Å²) >= 11 is 9.27. The van der Waals surface area contributed by atoms with Crippen LogP contribution in [0.25, 0.3) is 0 Å². The summed E-state index contributed by atoms with van der Waals surface area (Å²) < 4.78 is 0.760. The lowest BCUT2D eigenvalue weighted by Crippen LogP contribution is -2.45. The van der Waals surface area contributed by atoms with Crippen LogP contribution in [0.3, 0.4) is 0 Å². The average Bonchev–Trinajstić information content (AvgIpc) is 2.39. The van der Waals surface area contributed by atoms with Crippen LogP contribution in [0.4, 0.5) is 0 Å². The standard InChI is InChI=1S/C15H19BrClNO2/c1-10-3-2-6-15(20,8-10)9-18-14(19)11-4-5-12(16)13(17)7-11/h4-5,7,10,20H,2-3,6,8-9H2,1H3,(H,18,19). The summed E-state index contributed by atoms with van der Waals surface area (Å²) in [6.45, 7) is 2.43. The van der Waals surface area contributed by atoms with Gasteiger partial charge in [0.25, 0.3) is 5.91 Å². The molecule has 1 aliphatic rings. The molecule has 5 heteroatoms. The molecular formula is C15H19BrClNO2. The number of hydrogen-bond acceptors (Lipinski definition) is 2. The van der Waals surface area contributed by atoms with Gasteiger partial charge in [0.1, 0.15) is 0 Å². The molecule has 1 saturated carbocycles. The number of halogens is 2. The summed E-state index contributed by atoms with van der Waals surface area (Å²) in [4.78, 5) is 12.1. The van der Waals surface area contributed by atoms with Gasteiger partial charge in [-0.15, -0.1) is 0 Å². The first kappa shape index (κ1) is 15.8. The Bertz CT molecular complexity index is 509. The Balaban J connectivity index is 1.96. The molecule has 2 atom stereocenters. The first-order chi connectivity index (χ1) is 9.39. The van der Waals surface area contributed by atoms with Crippen molar-refractivity contribution in [1.29, 1.82) is 0 Å². The van der Waals surface area contributed by atoms with Gasteiger partial charge >= 0.3 is 0 Å². The third-order valence-corrected chi connectivity index (χ3v) is 5.06. The molecule has 20 heavy (non-hydrogen) atoms. The molecule has 0 saturated heterocycles. The van der Waals surface area contributed by atoms with Gasteiger partial charge in [-0.2, -0.15) is 0 Å². The van der Waals surface area contributed by atoms with E-state index in [9.17, 15) is 9.90 Å². The van der Waals surface area contributed by atoms with Crippen LogP contribution in [0, 0.1) is 5.92 Å². The van der Waals surface area contributed by atoms with Gasteiger partial charge < -0.3 is 10.4 Å². The largest absolute Gasteiger partial charge is 0.388 e.